The third-order valence-electron chi connectivity index (χ3n) is 2.23. The smallest absolute Gasteiger partial charge is 0.259 e. The number of nitrogens with one attached hydrogen (secondary N) is 1. The van der Waals surface area contributed by atoms with Crippen LogP contribution in [0.4, 0.5) is 5.69 Å². The summed E-state index contributed by atoms with van der Waals surface area (Å²) in [5.41, 5.74) is 0.469. The lowest BCUT2D eigenvalue weighted by atomic mass is 10.1. The molecular weight excluding hydrogens is 300 g/mol. The highest BCUT2D eigenvalue weighted by Crippen LogP contribution is 2.24. The number of nitrogens with zero attached hydrogens (tertiary/aromatic N) is 1. The molecule has 6 heteroatoms. The van der Waals surface area contributed by atoms with Crippen molar-refractivity contribution in [2.24, 2.45) is 0 Å². The van der Waals surface area contributed by atoms with E-state index in [1.54, 1.807) is 18.3 Å². The Morgan fingerprint density at radius 1 is 1.28 bits per heavy atom. The minimum atomic E-state index is -0.530. The molecule has 1 aromatic heterocycles. The number of phenolic OH excluding ortho intramolecular Hbond substituents is 2. The van der Waals surface area contributed by atoms with Crippen molar-refractivity contribution in [3.63, 3.8) is 0 Å². The maximum absolute atomic E-state index is 11.9. The van der Waals surface area contributed by atoms with Crippen LogP contribution in [-0.2, 0) is 0 Å². The zero-order chi connectivity index (χ0) is 13.1. The van der Waals surface area contributed by atoms with Gasteiger partial charge in [0.15, 0.2) is 0 Å². The second-order valence-electron chi connectivity index (χ2n) is 3.50. The molecule has 0 radical (unpaired) electrons. The molecule has 0 aliphatic carbocycles. The summed E-state index contributed by atoms with van der Waals surface area (Å²) < 4.78 is 0.484. The number of halogens is 1. The third kappa shape index (κ3) is 2.60. The lowest BCUT2D eigenvalue weighted by Gasteiger charge is -2.08. The number of rotatable bonds is 2. The van der Waals surface area contributed by atoms with Gasteiger partial charge >= 0.3 is 0 Å². The normalized spacial score (nSPS) is 10.1. The first-order valence-electron chi connectivity index (χ1n) is 5.02. The largest absolute Gasteiger partial charge is 0.508 e. The van der Waals surface area contributed by atoms with Crippen molar-refractivity contribution >= 4 is 27.5 Å². The maximum Gasteiger partial charge on any atom is 0.259 e. The summed E-state index contributed by atoms with van der Waals surface area (Å²) in [6.45, 7) is 0. The zero-order valence-electron chi connectivity index (χ0n) is 9.09. The van der Waals surface area contributed by atoms with Crippen molar-refractivity contribution < 1.29 is 15.0 Å². The Morgan fingerprint density at radius 2 is 2.06 bits per heavy atom. The zero-order valence-corrected chi connectivity index (χ0v) is 10.7. The molecule has 18 heavy (non-hydrogen) atoms. The van der Waals surface area contributed by atoms with Crippen LogP contribution in [0.25, 0.3) is 0 Å². The van der Waals surface area contributed by atoms with Crippen molar-refractivity contribution in [1.29, 1.82) is 0 Å². The summed E-state index contributed by atoms with van der Waals surface area (Å²) in [4.78, 5) is 15.9. The molecule has 0 unspecified atom stereocenters. The van der Waals surface area contributed by atoms with Gasteiger partial charge in [-0.15, -0.1) is 0 Å². The molecule has 0 aliphatic rings. The number of aromatic hydroxyl groups is 2. The van der Waals surface area contributed by atoms with E-state index in [2.05, 4.69) is 26.2 Å². The number of hydrogen-bond acceptors (Lipinski definition) is 4. The molecule has 1 amide bonds. The Labute approximate surface area is 111 Å². The first kappa shape index (κ1) is 12.4. The van der Waals surface area contributed by atoms with Crippen LogP contribution in [-0.4, -0.2) is 21.1 Å². The van der Waals surface area contributed by atoms with Gasteiger partial charge in [0.25, 0.3) is 5.91 Å². The molecule has 0 bridgehead atoms. The van der Waals surface area contributed by atoms with Crippen LogP contribution in [0.5, 0.6) is 11.5 Å². The fourth-order valence-electron chi connectivity index (χ4n) is 1.37. The van der Waals surface area contributed by atoms with E-state index in [1.807, 2.05) is 0 Å². The van der Waals surface area contributed by atoms with Gasteiger partial charge in [-0.2, -0.15) is 0 Å². The topological polar surface area (TPSA) is 82.5 Å². The Kier molecular flexibility index (Phi) is 3.47. The number of aromatic nitrogens is 1. The second kappa shape index (κ2) is 5.05. The van der Waals surface area contributed by atoms with E-state index in [4.69, 9.17) is 0 Å². The number of anilines is 1. The summed E-state index contributed by atoms with van der Waals surface area (Å²) in [7, 11) is 0. The van der Waals surface area contributed by atoms with Crippen molar-refractivity contribution in [2.45, 2.75) is 0 Å². The molecule has 2 rings (SSSR count). The molecule has 92 valence electrons. The highest BCUT2D eigenvalue weighted by atomic mass is 79.9. The number of phenols is 2. The SMILES string of the molecule is O=C(Nc1cccnc1Br)c1cc(O)ccc1O. The molecule has 0 spiro atoms. The molecule has 1 aromatic carbocycles. The first-order chi connectivity index (χ1) is 8.58. The predicted octanol–water partition coefficient (Wildman–Crippen LogP) is 2.51. The minimum Gasteiger partial charge on any atom is -0.508 e. The summed E-state index contributed by atoms with van der Waals surface area (Å²) in [6, 6.07) is 7.07. The van der Waals surface area contributed by atoms with Crippen LogP contribution in [0.1, 0.15) is 10.4 Å². The van der Waals surface area contributed by atoms with Gasteiger partial charge in [0.2, 0.25) is 0 Å². The fraction of sp³-hybridized carbons (Fsp3) is 0. The number of pyridine rings is 1. The standard InChI is InChI=1S/C12H9BrN2O3/c13-11-9(2-1-5-14-11)15-12(18)8-6-7(16)3-4-10(8)17/h1-6,16-17H,(H,15,18). The average Bonchev–Trinajstić information content (AvgIpc) is 2.35. The van der Waals surface area contributed by atoms with Crippen LogP contribution < -0.4 is 5.32 Å². The minimum absolute atomic E-state index is 0.00856. The molecule has 0 saturated heterocycles. The van der Waals surface area contributed by atoms with E-state index in [9.17, 15) is 15.0 Å². The van der Waals surface area contributed by atoms with E-state index in [0.29, 0.717) is 10.3 Å². The highest BCUT2D eigenvalue weighted by Gasteiger charge is 2.13. The molecule has 0 fully saturated rings. The van der Waals surface area contributed by atoms with Crippen LogP contribution in [0.3, 0.4) is 0 Å². The number of hydrogen-bond donors (Lipinski definition) is 3. The van der Waals surface area contributed by atoms with E-state index in [1.165, 1.54) is 18.2 Å². The number of benzene rings is 1. The van der Waals surface area contributed by atoms with Gasteiger partial charge in [-0.05, 0) is 46.3 Å². The third-order valence-corrected chi connectivity index (χ3v) is 2.86. The summed E-state index contributed by atoms with van der Waals surface area (Å²) >= 11 is 3.19. The van der Waals surface area contributed by atoms with Crippen LogP contribution in [0, 0.1) is 0 Å². The molecule has 0 saturated carbocycles. The van der Waals surface area contributed by atoms with Crippen molar-refractivity contribution in [3.8, 4) is 11.5 Å². The maximum atomic E-state index is 11.9. The van der Waals surface area contributed by atoms with E-state index >= 15 is 0 Å². The fourth-order valence-corrected chi connectivity index (χ4v) is 1.72. The van der Waals surface area contributed by atoms with Gasteiger partial charge in [0, 0.05) is 6.20 Å². The Bertz CT molecular complexity index is 602. The van der Waals surface area contributed by atoms with Crippen LogP contribution >= 0.6 is 15.9 Å². The second-order valence-corrected chi connectivity index (χ2v) is 4.25. The highest BCUT2D eigenvalue weighted by molar-refractivity contribution is 9.10. The van der Waals surface area contributed by atoms with Gasteiger partial charge in [-0.25, -0.2) is 4.98 Å². The predicted molar refractivity (Wildman–Crippen MR) is 69.7 cm³/mol. The molecule has 0 aliphatic heterocycles. The number of amides is 1. The summed E-state index contributed by atoms with van der Waals surface area (Å²) in [6.07, 6.45) is 1.57. The molecule has 5 nitrogen and oxygen atoms in total. The first-order valence-corrected chi connectivity index (χ1v) is 5.81. The summed E-state index contributed by atoms with van der Waals surface area (Å²) in [5, 5.41) is 21.4. The number of carbonyl (C=O) groups excluding carboxylic acids is 1. The average molecular weight is 309 g/mol. The van der Waals surface area contributed by atoms with Crippen molar-refractivity contribution in [1.82, 2.24) is 4.98 Å². The van der Waals surface area contributed by atoms with Gasteiger partial charge in [0.05, 0.1) is 11.3 Å². The van der Waals surface area contributed by atoms with E-state index in [-0.39, 0.29) is 17.1 Å². The van der Waals surface area contributed by atoms with Crippen molar-refractivity contribution in [3.05, 3.63) is 46.7 Å². The Morgan fingerprint density at radius 3 is 2.78 bits per heavy atom. The van der Waals surface area contributed by atoms with Gasteiger partial charge < -0.3 is 15.5 Å². The molecule has 2 aromatic rings. The quantitative estimate of drug-likeness (QED) is 0.588. The van der Waals surface area contributed by atoms with Crippen LogP contribution in [0.15, 0.2) is 41.1 Å². The lowest BCUT2D eigenvalue weighted by Crippen LogP contribution is -2.12. The monoisotopic (exact) mass is 308 g/mol. The van der Waals surface area contributed by atoms with Gasteiger partial charge in [-0.3, -0.25) is 4.79 Å². The number of carbonyl (C=O) groups is 1. The Balaban J connectivity index is 2.28. The van der Waals surface area contributed by atoms with E-state index < -0.39 is 5.91 Å². The molecule has 0 atom stereocenters. The molecule has 1 heterocycles. The van der Waals surface area contributed by atoms with Crippen molar-refractivity contribution in [2.75, 3.05) is 5.32 Å². The molecule has 3 N–H and O–H groups in total. The summed E-state index contributed by atoms with van der Waals surface area (Å²) in [5.74, 6) is -0.828. The van der Waals surface area contributed by atoms with Gasteiger partial charge in [0.1, 0.15) is 16.1 Å². The Hall–Kier alpha value is -2.08. The van der Waals surface area contributed by atoms with Gasteiger partial charge in [-0.1, -0.05) is 0 Å². The lowest BCUT2D eigenvalue weighted by molar-refractivity contribution is 0.102. The van der Waals surface area contributed by atoms with Crippen LogP contribution in [0.2, 0.25) is 0 Å². The molecular formula is C12H9BrN2O3. The van der Waals surface area contributed by atoms with E-state index in [0.717, 1.165) is 0 Å².